The number of nitrogens with zero attached hydrogens (tertiary/aromatic N) is 1. The van der Waals surface area contributed by atoms with Gasteiger partial charge in [0.2, 0.25) is 5.91 Å². The average molecular weight is 396 g/mol. The van der Waals surface area contributed by atoms with Gasteiger partial charge in [0.05, 0.1) is 12.9 Å². The molecule has 0 unspecified atom stereocenters. The predicted octanol–water partition coefficient (Wildman–Crippen LogP) is 2.42. The number of methoxy groups -OCH3 is 1. The van der Waals surface area contributed by atoms with Crippen molar-refractivity contribution in [2.24, 2.45) is 5.73 Å². The van der Waals surface area contributed by atoms with Gasteiger partial charge in [-0.2, -0.15) is 0 Å². The first kappa shape index (κ1) is 18.6. The van der Waals surface area contributed by atoms with Crippen molar-refractivity contribution in [2.75, 3.05) is 12.9 Å². The van der Waals surface area contributed by atoms with Gasteiger partial charge in [-0.15, -0.1) is 11.8 Å². The van der Waals surface area contributed by atoms with E-state index in [0.29, 0.717) is 11.5 Å². The molecule has 1 fully saturated rings. The molecule has 2 heterocycles. The Kier molecular flexibility index (Phi) is 5.11. The molecule has 28 heavy (non-hydrogen) atoms. The standard InChI is InChI=1S/C21H20N2O4S/c1-26-15-12-28-20-16(22)19(24)23(20)17(15)21(25)27-18(13-8-4-2-5-9-13)14-10-6-3-7-11-14/h2-11,16,18,20H,12,22H2,1H3/t16-,20-/m1/s1. The Balaban J connectivity index is 1.68. The summed E-state index contributed by atoms with van der Waals surface area (Å²) < 4.78 is 11.3. The monoisotopic (exact) mass is 396 g/mol. The fourth-order valence-corrected chi connectivity index (χ4v) is 4.64. The molecule has 2 aromatic rings. The van der Waals surface area contributed by atoms with E-state index in [4.69, 9.17) is 15.2 Å². The van der Waals surface area contributed by atoms with Crippen LogP contribution in [0.1, 0.15) is 17.2 Å². The van der Waals surface area contributed by atoms with Crippen LogP contribution in [0.25, 0.3) is 0 Å². The summed E-state index contributed by atoms with van der Waals surface area (Å²) in [5.41, 5.74) is 7.71. The van der Waals surface area contributed by atoms with Gasteiger partial charge >= 0.3 is 5.97 Å². The van der Waals surface area contributed by atoms with E-state index in [-0.39, 0.29) is 17.0 Å². The van der Waals surface area contributed by atoms with Gasteiger partial charge in [0.15, 0.2) is 11.8 Å². The van der Waals surface area contributed by atoms with Gasteiger partial charge in [-0.3, -0.25) is 9.69 Å². The molecule has 1 amide bonds. The zero-order chi connectivity index (χ0) is 19.7. The average Bonchev–Trinajstić information content (AvgIpc) is 2.76. The van der Waals surface area contributed by atoms with Crippen molar-refractivity contribution >= 4 is 23.6 Å². The first-order chi connectivity index (χ1) is 13.6. The van der Waals surface area contributed by atoms with Crippen LogP contribution in [0.5, 0.6) is 0 Å². The summed E-state index contributed by atoms with van der Waals surface area (Å²) in [7, 11) is 1.49. The number of hydrogen-bond acceptors (Lipinski definition) is 6. The van der Waals surface area contributed by atoms with Crippen LogP contribution >= 0.6 is 11.8 Å². The Morgan fingerprint density at radius 3 is 2.21 bits per heavy atom. The van der Waals surface area contributed by atoms with E-state index >= 15 is 0 Å². The fraction of sp³-hybridized carbons (Fsp3) is 0.238. The van der Waals surface area contributed by atoms with E-state index in [0.717, 1.165) is 11.1 Å². The highest BCUT2D eigenvalue weighted by Crippen LogP contribution is 2.40. The smallest absolute Gasteiger partial charge is 0.359 e. The molecule has 1 saturated heterocycles. The minimum atomic E-state index is -0.606. The number of carbonyl (C=O) groups is 2. The minimum Gasteiger partial charge on any atom is -0.498 e. The Morgan fingerprint density at radius 1 is 1.11 bits per heavy atom. The third kappa shape index (κ3) is 3.16. The zero-order valence-corrected chi connectivity index (χ0v) is 16.1. The molecule has 2 aliphatic rings. The molecule has 4 rings (SSSR count). The lowest BCUT2D eigenvalue weighted by Crippen LogP contribution is -2.68. The van der Waals surface area contributed by atoms with Gasteiger partial charge in [0, 0.05) is 0 Å². The lowest BCUT2D eigenvalue weighted by molar-refractivity contribution is -0.153. The van der Waals surface area contributed by atoms with Crippen molar-refractivity contribution in [1.82, 2.24) is 4.90 Å². The number of hydrogen-bond donors (Lipinski definition) is 1. The summed E-state index contributed by atoms with van der Waals surface area (Å²) in [6.45, 7) is 0. The van der Waals surface area contributed by atoms with E-state index in [1.165, 1.54) is 23.8 Å². The van der Waals surface area contributed by atoms with Crippen LogP contribution in [-0.4, -0.2) is 41.1 Å². The first-order valence-electron chi connectivity index (χ1n) is 8.90. The molecule has 6 nitrogen and oxygen atoms in total. The third-order valence-electron chi connectivity index (χ3n) is 4.84. The normalized spacial score (nSPS) is 21.2. The highest BCUT2D eigenvalue weighted by Gasteiger charge is 2.53. The Bertz CT molecular complexity index is 877. The van der Waals surface area contributed by atoms with Crippen LogP contribution in [0, 0.1) is 0 Å². The molecule has 144 valence electrons. The highest BCUT2D eigenvalue weighted by molar-refractivity contribution is 8.00. The van der Waals surface area contributed by atoms with Gasteiger partial charge < -0.3 is 15.2 Å². The molecule has 0 spiro atoms. The molecule has 0 aromatic heterocycles. The lowest BCUT2D eigenvalue weighted by atomic mass is 10.0. The van der Waals surface area contributed by atoms with Gasteiger partial charge in [-0.05, 0) is 11.1 Å². The van der Waals surface area contributed by atoms with E-state index in [1.54, 1.807) is 0 Å². The van der Waals surface area contributed by atoms with E-state index in [9.17, 15) is 9.59 Å². The Morgan fingerprint density at radius 2 is 1.68 bits per heavy atom. The number of ether oxygens (including phenoxy) is 2. The van der Waals surface area contributed by atoms with Crippen molar-refractivity contribution in [3.8, 4) is 0 Å². The molecule has 2 N–H and O–H groups in total. The highest BCUT2D eigenvalue weighted by atomic mass is 32.2. The van der Waals surface area contributed by atoms with Crippen LogP contribution in [-0.2, 0) is 19.1 Å². The number of carbonyl (C=O) groups excluding carboxylic acids is 2. The Hall–Kier alpha value is -2.77. The molecule has 0 radical (unpaired) electrons. The van der Waals surface area contributed by atoms with E-state index in [1.807, 2.05) is 60.7 Å². The van der Waals surface area contributed by atoms with Crippen molar-refractivity contribution in [3.05, 3.63) is 83.2 Å². The molecular formula is C21H20N2O4S. The second kappa shape index (κ2) is 7.69. The SMILES string of the molecule is COC1=C(C(=O)OC(c2ccccc2)c2ccccc2)N2C(=O)[C@@H](N)[C@H]2SC1. The molecule has 0 bridgehead atoms. The van der Waals surface area contributed by atoms with Crippen molar-refractivity contribution in [3.63, 3.8) is 0 Å². The maximum atomic E-state index is 13.2. The van der Waals surface area contributed by atoms with Crippen molar-refractivity contribution < 1.29 is 19.1 Å². The molecule has 0 saturated carbocycles. The van der Waals surface area contributed by atoms with Crippen molar-refractivity contribution in [1.29, 1.82) is 0 Å². The number of benzene rings is 2. The van der Waals surface area contributed by atoms with Crippen LogP contribution < -0.4 is 5.73 Å². The van der Waals surface area contributed by atoms with Crippen LogP contribution in [0.3, 0.4) is 0 Å². The second-order valence-corrected chi connectivity index (χ2v) is 7.62. The van der Waals surface area contributed by atoms with Gasteiger partial charge in [-0.25, -0.2) is 4.79 Å². The molecule has 2 aromatic carbocycles. The number of β-lactam (4-membered cyclic amide) rings is 1. The molecular weight excluding hydrogens is 376 g/mol. The third-order valence-corrected chi connectivity index (χ3v) is 6.12. The number of rotatable bonds is 5. The largest absolute Gasteiger partial charge is 0.498 e. The van der Waals surface area contributed by atoms with Crippen LogP contribution in [0.4, 0.5) is 0 Å². The quantitative estimate of drug-likeness (QED) is 0.617. The molecule has 2 atom stereocenters. The fourth-order valence-electron chi connectivity index (χ4n) is 3.38. The second-order valence-electron chi connectivity index (χ2n) is 6.52. The van der Waals surface area contributed by atoms with Gasteiger partial charge in [0.1, 0.15) is 17.2 Å². The molecule has 2 aliphatic heterocycles. The summed E-state index contributed by atoms with van der Waals surface area (Å²) in [4.78, 5) is 26.8. The summed E-state index contributed by atoms with van der Waals surface area (Å²) in [6, 6.07) is 18.4. The van der Waals surface area contributed by atoms with Crippen LogP contribution in [0.2, 0.25) is 0 Å². The summed E-state index contributed by atoms with van der Waals surface area (Å²) in [6.07, 6.45) is -0.599. The zero-order valence-electron chi connectivity index (χ0n) is 15.3. The summed E-state index contributed by atoms with van der Waals surface area (Å²) in [5.74, 6) is -0.00844. The molecule has 0 aliphatic carbocycles. The Labute approximate surface area is 167 Å². The maximum Gasteiger partial charge on any atom is 0.359 e. The topological polar surface area (TPSA) is 81.9 Å². The van der Waals surface area contributed by atoms with E-state index < -0.39 is 18.1 Å². The number of esters is 1. The number of amides is 1. The number of nitrogens with two attached hydrogens (primary N) is 1. The van der Waals surface area contributed by atoms with Crippen LogP contribution in [0.15, 0.2) is 72.1 Å². The molecule has 7 heteroatoms. The first-order valence-corrected chi connectivity index (χ1v) is 9.95. The summed E-state index contributed by atoms with van der Waals surface area (Å²) >= 11 is 1.48. The van der Waals surface area contributed by atoms with Crippen molar-refractivity contribution in [2.45, 2.75) is 17.5 Å². The van der Waals surface area contributed by atoms with E-state index in [2.05, 4.69) is 0 Å². The van der Waals surface area contributed by atoms with Gasteiger partial charge in [-0.1, -0.05) is 60.7 Å². The maximum absolute atomic E-state index is 13.2. The number of fused-ring (bicyclic) bond motifs is 1. The lowest BCUT2D eigenvalue weighted by Gasteiger charge is -2.47. The minimum absolute atomic E-state index is 0.148. The number of thioether (sulfide) groups is 1. The summed E-state index contributed by atoms with van der Waals surface area (Å²) in [5, 5.41) is -0.263. The predicted molar refractivity (Wildman–Crippen MR) is 106 cm³/mol. The van der Waals surface area contributed by atoms with Gasteiger partial charge in [0.25, 0.3) is 0 Å².